The van der Waals surface area contributed by atoms with E-state index in [0.29, 0.717) is 5.82 Å². The van der Waals surface area contributed by atoms with Gasteiger partial charge >= 0.3 is 0 Å². The lowest BCUT2D eigenvalue weighted by Gasteiger charge is -2.08. The standard InChI is InChI=1S/C13H14ClN3S/c1-2-10-12(15)16-8-17-13(10)18-7-9-5-3-4-6-11(9)14/h3-6,8H,2,7H2,1H3,(H2,15,16,17). The number of aromatic nitrogens is 2. The molecule has 0 aliphatic rings. The molecule has 3 nitrogen and oxygen atoms in total. The Labute approximate surface area is 116 Å². The number of rotatable bonds is 4. The largest absolute Gasteiger partial charge is 0.383 e. The summed E-state index contributed by atoms with van der Waals surface area (Å²) >= 11 is 7.76. The van der Waals surface area contributed by atoms with Gasteiger partial charge in [0.1, 0.15) is 17.2 Å². The van der Waals surface area contributed by atoms with Gasteiger partial charge in [0.15, 0.2) is 0 Å². The smallest absolute Gasteiger partial charge is 0.131 e. The minimum atomic E-state index is 0.564. The quantitative estimate of drug-likeness (QED) is 0.687. The summed E-state index contributed by atoms with van der Waals surface area (Å²) in [7, 11) is 0. The number of halogens is 1. The van der Waals surface area contributed by atoms with Crippen LogP contribution in [0.1, 0.15) is 18.1 Å². The zero-order valence-electron chi connectivity index (χ0n) is 10.1. The van der Waals surface area contributed by atoms with Crippen molar-refractivity contribution in [1.29, 1.82) is 0 Å². The van der Waals surface area contributed by atoms with Crippen molar-refractivity contribution < 1.29 is 0 Å². The van der Waals surface area contributed by atoms with Gasteiger partial charge in [0.25, 0.3) is 0 Å². The van der Waals surface area contributed by atoms with Gasteiger partial charge in [0.05, 0.1) is 0 Å². The molecule has 5 heteroatoms. The van der Waals surface area contributed by atoms with Gasteiger partial charge in [0.2, 0.25) is 0 Å². The Kier molecular flexibility index (Phi) is 4.44. The van der Waals surface area contributed by atoms with Gasteiger partial charge in [-0.25, -0.2) is 9.97 Å². The molecule has 0 fully saturated rings. The minimum absolute atomic E-state index is 0.564. The van der Waals surface area contributed by atoms with Crippen LogP contribution in [0.3, 0.4) is 0 Å². The van der Waals surface area contributed by atoms with Gasteiger partial charge in [-0.2, -0.15) is 0 Å². The molecule has 2 rings (SSSR count). The van der Waals surface area contributed by atoms with Crippen molar-refractivity contribution in [3.8, 4) is 0 Å². The average Bonchev–Trinajstić information content (AvgIpc) is 2.38. The van der Waals surface area contributed by atoms with E-state index in [1.54, 1.807) is 11.8 Å². The van der Waals surface area contributed by atoms with Crippen LogP contribution in [0.25, 0.3) is 0 Å². The molecule has 0 radical (unpaired) electrons. The van der Waals surface area contributed by atoms with E-state index in [2.05, 4.69) is 16.9 Å². The first-order valence-corrected chi connectivity index (χ1v) is 7.04. The van der Waals surface area contributed by atoms with E-state index in [9.17, 15) is 0 Å². The van der Waals surface area contributed by atoms with Gasteiger partial charge in [-0.05, 0) is 18.1 Å². The number of thioether (sulfide) groups is 1. The van der Waals surface area contributed by atoms with Crippen LogP contribution in [0.15, 0.2) is 35.6 Å². The minimum Gasteiger partial charge on any atom is -0.383 e. The highest BCUT2D eigenvalue weighted by molar-refractivity contribution is 7.98. The molecule has 2 aromatic rings. The maximum Gasteiger partial charge on any atom is 0.131 e. The SMILES string of the molecule is CCc1c(N)ncnc1SCc1ccccc1Cl. The Hall–Kier alpha value is -1.26. The van der Waals surface area contributed by atoms with E-state index in [-0.39, 0.29) is 0 Å². The van der Waals surface area contributed by atoms with Gasteiger partial charge in [-0.1, -0.05) is 36.7 Å². The highest BCUT2D eigenvalue weighted by atomic mass is 35.5. The van der Waals surface area contributed by atoms with E-state index in [4.69, 9.17) is 17.3 Å². The van der Waals surface area contributed by atoms with E-state index < -0.39 is 0 Å². The topological polar surface area (TPSA) is 51.8 Å². The van der Waals surface area contributed by atoms with Crippen LogP contribution in [0, 0.1) is 0 Å². The average molecular weight is 280 g/mol. The fourth-order valence-electron chi connectivity index (χ4n) is 1.63. The number of hydrogen-bond acceptors (Lipinski definition) is 4. The van der Waals surface area contributed by atoms with Gasteiger partial charge in [-0.15, -0.1) is 11.8 Å². The van der Waals surface area contributed by atoms with Crippen molar-refractivity contribution in [3.05, 3.63) is 46.7 Å². The molecule has 1 aromatic carbocycles. The van der Waals surface area contributed by atoms with Crippen LogP contribution < -0.4 is 5.73 Å². The summed E-state index contributed by atoms with van der Waals surface area (Å²) in [6.07, 6.45) is 2.33. The Morgan fingerprint density at radius 1 is 1.28 bits per heavy atom. The molecule has 0 aliphatic carbocycles. The van der Waals surface area contributed by atoms with Crippen molar-refractivity contribution in [2.45, 2.75) is 24.1 Å². The van der Waals surface area contributed by atoms with Crippen molar-refractivity contribution in [2.24, 2.45) is 0 Å². The molecule has 0 saturated carbocycles. The lowest BCUT2D eigenvalue weighted by atomic mass is 10.2. The molecule has 0 atom stereocenters. The number of anilines is 1. The highest BCUT2D eigenvalue weighted by Gasteiger charge is 2.08. The molecule has 1 heterocycles. The molecule has 18 heavy (non-hydrogen) atoms. The summed E-state index contributed by atoms with van der Waals surface area (Å²) in [5, 5.41) is 1.72. The summed E-state index contributed by atoms with van der Waals surface area (Å²) in [4.78, 5) is 8.29. The summed E-state index contributed by atoms with van der Waals surface area (Å²) in [6.45, 7) is 2.05. The number of hydrogen-bond donors (Lipinski definition) is 1. The first-order chi connectivity index (χ1) is 8.72. The Balaban J connectivity index is 2.16. The Morgan fingerprint density at radius 3 is 2.78 bits per heavy atom. The number of nitrogens with zero attached hydrogens (tertiary/aromatic N) is 2. The van der Waals surface area contributed by atoms with E-state index in [1.165, 1.54) is 6.33 Å². The van der Waals surface area contributed by atoms with Crippen LogP contribution in [0.4, 0.5) is 5.82 Å². The summed E-state index contributed by atoms with van der Waals surface area (Å²) in [5.74, 6) is 1.34. The maximum atomic E-state index is 6.12. The molecule has 94 valence electrons. The molecule has 0 aliphatic heterocycles. The molecule has 0 unspecified atom stereocenters. The second-order valence-electron chi connectivity index (χ2n) is 3.78. The van der Waals surface area contributed by atoms with Crippen molar-refractivity contribution in [2.75, 3.05) is 5.73 Å². The second-order valence-corrected chi connectivity index (χ2v) is 5.15. The van der Waals surface area contributed by atoms with Crippen molar-refractivity contribution in [1.82, 2.24) is 9.97 Å². The fourth-order valence-corrected chi connectivity index (χ4v) is 3.00. The first kappa shape index (κ1) is 13.2. The molecule has 0 amide bonds. The van der Waals surface area contributed by atoms with Gasteiger partial charge in [0, 0.05) is 16.3 Å². The zero-order chi connectivity index (χ0) is 13.0. The number of nitrogen functional groups attached to an aromatic ring is 1. The summed E-state index contributed by atoms with van der Waals surface area (Å²) in [5.41, 5.74) is 7.95. The Morgan fingerprint density at radius 2 is 2.06 bits per heavy atom. The van der Waals surface area contributed by atoms with Crippen LogP contribution >= 0.6 is 23.4 Å². The Bertz CT molecular complexity index is 546. The van der Waals surface area contributed by atoms with E-state index >= 15 is 0 Å². The van der Waals surface area contributed by atoms with Crippen molar-refractivity contribution >= 4 is 29.2 Å². The van der Waals surface area contributed by atoms with Gasteiger partial charge in [-0.3, -0.25) is 0 Å². The molecular weight excluding hydrogens is 266 g/mol. The number of nitrogens with two attached hydrogens (primary N) is 1. The highest BCUT2D eigenvalue weighted by Crippen LogP contribution is 2.29. The third-order valence-electron chi connectivity index (χ3n) is 2.61. The monoisotopic (exact) mass is 279 g/mol. The third kappa shape index (κ3) is 2.94. The summed E-state index contributed by atoms with van der Waals surface area (Å²) < 4.78 is 0. The van der Waals surface area contributed by atoms with Crippen LogP contribution in [-0.4, -0.2) is 9.97 Å². The number of benzene rings is 1. The lowest BCUT2D eigenvalue weighted by Crippen LogP contribution is -2.00. The lowest BCUT2D eigenvalue weighted by molar-refractivity contribution is 0.952. The van der Waals surface area contributed by atoms with Crippen molar-refractivity contribution in [3.63, 3.8) is 0 Å². The predicted molar refractivity (Wildman–Crippen MR) is 76.8 cm³/mol. The zero-order valence-corrected chi connectivity index (χ0v) is 11.6. The molecule has 1 aromatic heterocycles. The van der Waals surface area contributed by atoms with E-state index in [1.807, 2.05) is 24.3 Å². The molecule has 0 bridgehead atoms. The first-order valence-electron chi connectivity index (χ1n) is 5.68. The molecule has 0 saturated heterocycles. The summed E-state index contributed by atoms with van der Waals surface area (Å²) in [6, 6.07) is 7.82. The molecular formula is C13H14ClN3S. The molecule has 0 spiro atoms. The van der Waals surface area contributed by atoms with Gasteiger partial charge < -0.3 is 5.73 Å². The third-order valence-corrected chi connectivity index (χ3v) is 4.06. The normalized spacial score (nSPS) is 10.6. The van der Waals surface area contributed by atoms with E-state index in [0.717, 1.165) is 33.3 Å². The van der Waals surface area contributed by atoms with Crippen LogP contribution in [-0.2, 0) is 12.2 Å². The van der Waals surface area contributed by atoms with Crippen LogP contribution in [0.2, 0.25) is 5.02 Å². The predicted octanol–water partition coefficient (Wildman–Crippen LogP) is 3.57. The molecule has 2 N–H and O–H groups in total. The second kappa shape index (κ2) is 6.07. The van der Waals surface area contributed by atoms with Crippen LogP contribution in [0.5, 0.6) is 0 Å². The maximum absolute atomic E-state index is 6.12. The fraction of sp³-hybridized carbons (Fsp3) is 0.231.